The number of benzene rings is 1. The molecule has 88 valence electrons. The first kappa shape index (κ1) is 11.3. The number of esters is 1. The molecule has 2 rings (SSSR count). The van der Waals surface area contributed by atoms with Crippen LogP contribution in [0.5, 0.6) is 0 Å². The number of hydrogen-bond acceptors (Lipinski definition) is 5. The molecule has 0 radical (unpaired) electrons. The van der Waals surface area contributed by atoms with E-state index in [1.54, 1.807) is 31.2 Å². The molecular formula is C12H11NO4. The molecule has 0 aliphatic carbocycles. The minimum absolute atomic E-state index is 0.0714. The van der Waals surface area contributed by atoms with E-state index in [-0.39, 0.29) is 18.7 Å². The van der Waals surface area contributed by atoms with E-state index in [1.807, 2.05) is 0 Å². The molecular weight excluding hydrogens is 222 g/mol. The zero-order chi connectivity index (χ0) is 12.3. The van der Waals surface area contributed by atoms with Crippen molar-refractivity contribution in [2.75, 3.05) is 6.61 Å². The van der Waals surface area contributed by atoms with Crippen molar-refractivity contribution in [3.8, 4) is 0 Å². The van der Waals surface area contributed by atoms with E-state index in [2.05, 4.69) is 4.98 Å². The normalized spacial score (nSPS) is 10.4. The van der Waals surface area contributed by atoms with E-state index in [4.69, 9.17) is 9.15 Å². The summed E-state index contributed by atoms with van der Waals surface area (Å²) < 4.78 is 9.80. The highest BCUT2D eigenvalue weighted by atomic mass is 16.5. The summed E-state index contributed by atoms with van der Waals surface area (Å²) in [6.07, 6.45) is -0.166. The molecule has 17 heavy (non-hydrogen) atoms. The smallest absolute Gasteiger partial charge is 0.358 e. The van der Waals surface area contributed by atoms with Crippen LogP contribution >= 0.6 is 0 Å². The van der Waals surface area contributed by atoms with Gasteiger partial charge in [-0.15, -0.1) is 0 Å². The predicted octanol–water partition coefficient (Wildman–Crippen LogP) is 1.29. The Labute approximate surface area is 97.0 Å². The summed E-state index contributed by atoms with van der Waals surface area (Å²) in [4.78, 5) is 26.9. The number of hydrogen-bond donors (Lipinski definition) is 0. The lowest BCUT2D eigenvalue weighted by Crippen LogP contribution is -2.17. The van der Waals surface area contributed by atoms with Gasteiger partial charge in [-0.1, -0.05) is 12.1 Å². The lowest BCUT2D eigenvalue weighted by atomic mass is 10.3. The highest BCUT2D eigenvalue weighted by Gasteiger charge is 2.12. The fourth-order valence-electron chi connectivity index (χ4n) is 1.45. The van der Waals surface area contributed by atoms with Crippen molar-refractivity contribution in [2.45, 2.75) is 13.3 Å². The molecule has 0 spiro atoms. The van der Waals surface area contributed by atoms with E-state index in [0.717, 1.165) is 0 Å². The average Bonchev–Trinajstić information content (AvgIpc) is 2.30. The minimum Gasteiger partial charge on any atom is -0.466 e. The number of para-hydroxylation sites is 2. The van der Waals surface area contributed by atoms with Crippen LogP contribution in [0, 0.1) is 0 Å². The number of nitrogens with zero attached hydrogens (tertiary/aromatic N) is 1. The maximum absolute atomic E-state index is 11.5. The highest BCUT2D eigenvalue weighted by Crippen LogP contribution is 2.09. The first-order valence-corrected chi connectivity index (χ1v) is 5.25. The number of carbonyl (C=O) groups is 1. The molecule has 0 bridgehead atoms. The van der Waals surface area contributed by atoms with Crippen molar-refractivity contribution in [1.29, 1.82) is 0 Å². The van der Waals surface area contributed by atoms with E-state index >= 15 is 0 Å². The largest absolute Gasteiger partial charge is 0.466 e. The van der Waals surface area contributed by atoms with Gasteiger partial charge >= 0.3 is 11.6 Å². The molecule has 0 fully saturated rings. The van der Waals surface area contributed by atoms with Crippen LogP contribution in [0.2, 0.25) is 0 Å². The summed E-state index contributed by atoms with van der Waals surface area (Å²) >= 11 is 0. The van der Waals surface area contributed by atoms with Gasteiger partial charge in [-0.25, -0.2) is 9.78 Å². The summed E-state index contributed by atoms with van der Waals surface area (Å²) in [6, 6.07) is 6.90. The van der Waals surface area contributed by atoms with Crippen LogP contribution < -0.4 is 5.63 Å². The lowest BCUT2D eigenvalue weighted by molar-refractivity contribution is -0.142. The Bertz CT molecular complexity index is 603. The summed E-state index contributed by atoms with van der Waals surface area (Å²) in [5, 5.41) is 0. The fraction of sp³-hybridized carbons (Fsp3) is 0.250. The molecule has 0 unspecified atom stereocenters. The topological polar surface area (TPSA) is 69.4 Å². The van der Waals surface area contributed by atoms with Crippen molar-refractivity contribution in [3.63, 3.8) is 0 Å². The van der Waals surface area contributed by atoms with E-state index in [0.29, 0.717) is 11.1 Å². The van der Waals surface area contributed by atoms with Crippen LogP contribution in [0.4, 0.5) is 0 Å². The minimum atomic E-state index is -0.600. The molecule has 5 heteroatoms. The fourth-order valence-corrected chi connectivity index (χ4v) is 1.45. The third-order valence-corrected chi connectivity index (χ3v) is 2.18. The quantitative estimate of drug-likeness (QED) is 0.747. The first-order valence-electron chi connectivity index (χ1n) is 5.25. The Balaban J connectivity index is 2.37. The Kier molecular flexibility index (Phi) is 3.18. The molecule has 0 atom stereocenters. The molecule has 0 amide bonds. The van der Waals surface area contributed by atoms with E-state index in [9.17, 15) is 9.59 Å². The average molecular weight is 233 g/mol. The zero-order valence-corrected chi connectivity index (χ0v) is 9.30. The monoisotopic (exact) mass is 233 g/mol. The molecule has 1 aromatic heterocycles. The highest BCUT2D eigenvalue weighted by molar-refractivity contribution is 5.74. The van der Waals surface area contributed by atoms with Gasteiger partial charge in [0.2, 0.25) is 0 Å². The Morgan fingerprint density at radius 1 is 1.41 bits per heavy atom. The second-order valence-corrected chi connectivity index (χ2v) is 3.40. The molecule has 0 saturated heterocycles. The second kappa shape index (κ2) is 4.78. The van der Waals surface area contributed by atoms with Gasteiger partial charge in [0.05, 0.1) is 13.0 Å². The van der Waals surface area contributed by atoms with Crippen molar-refractivity contribution in [1.82, 2.24) is 4.98 Å². The van der Waals surface area contributed by atoms with Crippen LogP contribution in [0.3, 0.4) is 0 Å². The van der Waals surface area contributed by atoms with Crippen LogP contribution in [-0.4, -0.2) is 17.6 Å². The Morgan fingerprint density at radius 2 is 2.18 bits per heavy atom. The molecule has 1 aromatic carbocycles. The van der Waals surface area contributed by atoms with Gasteiger partial charge in [-0.3, -0.25) is 4.79 Å². The van der Waals surface area contributed by atoms with Gasteiger partial charge in [-0.2, -0.15) is 0 Å². The standard InChI is InChI=1S/C12H11NO4/c1-2-16-11(14)7-9-12(15)17-10-6-4-3-5-8(10)13-9/h3-6H,2,7H2,1H3. The lowest BCUT2D eigenvalue weighted by Gasteiger charge is -2.01. The SMILES string of the molecule is CCOC(=O)Cc1nc2ccccc2oc1=O. The number of aromatic nitrogens is 1. The van der Waals surface area contributed by atoms with Crippen LogP contribution in [-0.2, 0) is 16.0 Å². The third kappa shape index (κ3) is 2.50. The molecule has 1 heterocycles. The predicted molar refractivity (Wildman–Crippen MR) is 60.6 cm³/mol. The summed E-state index contributed by atoms with van der Waals surface area (Å²) in [5.74, 6) is -0.484. The number of rotatable bonds is 3. The van der Waals surface area contributed by atoms with Gasteiger partial charge in [0, 0.05) is 0 Å². The van der Waals surface area contributed by atoms with Crippen LogP contribution in [0.15, 0.2) is 33.5 Å². The van der Waals surface area contributed by atoms with Gasteiger partial charge < -0.3 is 9.15 Å². The van der Waals surface area contributed by atoms with Crippen molar-refractivity contribution >= 4 is 17.1 Å². The Hall–Kier alpha value is -2.17. The first-order chi connectivity index (χ1) is 8.20. The van der Waals surface area contributed by atoms with Gasteiger partial charge in [0.1, 0.15) is 11.2 Å². The van der Waals surface area contributed by atoms with Gasteiger partial charge in [0.15, 0.2) is 5.58 Å². The maximum atomic E-state index is 11.5. The third-order valence-electron chi connectivity index (χ3n) is 2.18. The summed E-state index contributed by atoms with van der Waals surface area (Å²) in [7, 11) is 0. The maximum Gasteiger partial charge on any atom is 0.358 e. The van der Waals surface area contributed by atoms with E-state index < -0.39 is 11.6 Å². The van der Waals surface area contributed by atoms with Crippen LogP contribution in [0.25, 0.3) is 11.1 Å². The molecule has 0 saturated carbocycles. The molecule has 0 N–H and O–H groups in total. The zero-order valence-electron chi connectivity index (χ0n) is 9.30. The van der Waals surface area contributed by atoms with Crippen molar-refractivity contribution in [2.24, 2.45) is 0 Å². The number of fused-ring (bicyclic) bond motifs is 1. The number of ether oxygens (including phenoxy) is 1. The van der Waals surface area contributed by atoms with Crippen molar-refractivity contribution in [3.05, 3.63) is 40.4 Å². The summed E-state index contributed by atoms with van der Waals surface area (Å²) in [6.45, 7) is 1.98. The van der Waals surface area contributed by atoms with Crippen LogP contribution in [0.1, 0.15) is 12.6 Å². The molecule has 0 aliphatic rings. The summed E-state index contributed by atoms with van der Waals surface area (Å²) in [5.41, 5.74) is 0.426. The molecule has 2 aromatic rings. The Morgan fingerprint density at radius 3 is 2.94 bits per heavy atom. The number of carbonyl (C=O) groups excluding carboxylic acids is 1. The molecule has 0 aliphatic heterocycles. The van der Waals surface area contributed by atoms with E-state index in [1.165, 1.54) is 0 Å². The molecule has 5 nitrogen and oxygen atoms in total. The van der Waals surface area contributed by atoms with Crippen molar-refractivity contribution < 1.29 is 13.9 Å². The van der Waals surface area contributed by atoms with Gasteiger partial charge in [0.25, 0.3) is 0 Å². The second-order valence-electron chi connectivity index (χ2n) is 3.40. The van der Waals surface area contributed by atoms with Gasteiger partial charge in [-0.05, 0) is 19.1 Å².